The van der Waals surface area contributed by atoms with Crippen molar-refractivity contribution < 1.29 is 13.6 Å². The van der Waals surface area contributed by atoms with Crippen LogP contribution in [0.2, 0.25) is 0 Å². The Morgan fingerprint density at radius 1 is 1.32 bits per heavy atom. The van der Waals surface area contributed by atoms with Gasteiger partial charge in [-0.25, -0.2) is 0 Å². The SMILES string of the molecule is O=C(Nc1ccc(SC(F)F)cc1)[C@@]12CCCC[C@H]1CNC2. The number of benzene rings is 1. The van der Waals surface area contributed by atoms with Crippen LogP contribution in [-0.4, -0.2) is 24.8 Å². The first kappa shape index (κ1) is 15.7. The summed E-state index contributed by atoms with van der Waals surface area (Å²) in [5.74, 6) is -1.95. The molecule has 0 aromatic heterocycles. The molecule has 2 atom stereocenters. The molecule has 1 aliphatic heterocycles. The number of anilines is 1. The van der Waals surface area contributed by atoms with Gasteiger partial charge in [0, 0.05) is 17.1 Å². The van der Waals surface area contributed by atoms with E-state index < -0.39 is 5.76 Å². The normalized spacial score (nSPS) is 27.7. The molecule has 1 aromatic rings. The Bertz CT molecular complexity index is 537. The molecule has 0 radical (unpaired) electrons. The number of thioether (sulfide) groups is 1. The monoisotopic (exact) mass is 326 g/mol. The number of hydrogen-bond acceptors (Lipinski definition) is 3. The summed E-state index contributed by atoms with van der Waals surface area (Å²) in [5.41, 5.74) is 0.378. The molecule has 1 saturated heterocycles. The predicted molar refractivity (Wildman–Crippen MR) is 84.2 cm³/mol. The van der Waals surface area contributed by atoms with Crippen LogP contribution >= 0.6 is 11.8 Å². The van der Waals surface area contributed by atoms with Crippen molar-refractivity contribution in [3.8, 4) is 0 Å². The van der Waals surface area contributed by atoms with E-state index in [9.17, 15) is 13.6 Å². The summed E-state index contributed by atoms with van der Waals surface area (Å²) in [5, 5.41) is 6.33. The van der Waals surface area contributed by atoms with Crippen LogP contribution < -0.4 is 10.6 Å². The van der Waals surface area contributed by atoms with E-state index in [-0.39, 0.29) is 11.3 Å². The average molecular weight is 326 g/mol. The van der Waals surface area contributed by atoms with Gasteiger partial charge in [0.05, 0.1) is 5.41 Å². The lowest BCUT2D eigenvalue weighted by molar-refractivity contribution is -0.128. The molecule has 1 heterocycles. The van der Waals surface area contributed by atoms with Crippen molar-refractivity contribution in [2.24, 2.45) is 11.3 Å². The third-order valence-corrected chi connectivity index (χ3v) is 5.55. The summed E-state index contributed by atoms with van der Waals surface area (Å²) in [4.78, 5) is 13.3. The molecule has 6 heteroatoms. The largest absolute Gasteiger partial charge is 0.326 e. The zero-order valence-electron chi connectivity index (χ0n) is 12.3. The Kier molecular flexibility index (Phi) is 4.68. The van der Waals surface area contributed by atoms with Crippen LogP contribution in [0.5, 0.6) is 0 Å². The molecule has 1 aliphatic carbocycles. The topological polar surface area (TPSA) is 41.1 Å². The number of rotatable bonds is 4. The minimum Gasteiger partial charge on any atom is -0.326 e. The zero-order chi connectivity index (χ0) is 15.6. The van der Waals surface area contributed by atoms with Crippen molar-refractivity contribution in [3.63, 3.8) is 0 Å². The minimum atomic E-state index is -2.42. The van der Waals surface area contributed by atoms with E-state index in [1.54, 1.807) is 24.3 Å². The molecule has 120 valence electrons. The second-order valence-corrected chi connectivity index (χ2v) is 7.15. The van der Waals surface area contributed by atoms with Gasteiger partial charge in [-0.3, -0.25) is 4.79 Å². The highest BCUT2D eigenvalue weighted by atomic mass is 32.2. The molecule has 0 unspecified atom stereocenters. The highest BCUT2D eigenvalue weighted by Crippen LogP contribution is 2.44. The summed E-state index contributed by atoms with van der Waals surface area (Å²) in [6, 6.07) is 6.63. The second-order valence-electron chi connectivity index (χ2n) is 6.09. The summed E-state index contributed by atoms with van der Waals surface area (Å²) in [7, 11) is 0. The van der Waals surface area contributed by atoms with Gasteiger partial charge < -0.3 is 10.6 Å². The summed E-state index contributed by atoms with van der Waals surface area (Å²) in [6.07, 6.45) is 4.32. The lowest BCUT2D eigenvalue weighted by Crippen LogP contribution is -2.44. The van der Waals surface area contributed by atoms with Crippen molar-refractivity contribution >= 4 is 23.4 Å². The Balaban J connectivity index is 1.68. The van der Waals surface area contributed by atoms with E-state index in [1.807, 2.05) is 0 Å². The van der Waals surface area contributed by atoms with E-state index in [0.717, 1.165) is 32.4 Å². The second kappa shape index (κ2) is 6.54. The maximum absolute atomic E-state index is 12.8. The standard InChI is InChI=1S/C16H20F2N2OS/c17-15(18)22-13-6-4-12(5-7-13)20-14(21)16-8-2-1-3-11(16)9-19-10-16/h4-7,11,15,19H,1-3,8-10H2,(H,20,21)/t11-,16+/m0/s1. The third kappa shape index (κ3) is 3.13. The number of halogens is 2. The lowest BCUT2D eigenvalue weighted by atomic mass is 9.67. The molecule has 1 saturated carbocycles. The number of nitrogens with one attached hydrogen (secondary N) is 2. The van der Waals surface area contributed by atoms with Crippen LogP contribution in [0, 0.1) is 11.3 Å². The number of carbonyl (C=O) groups is 1. The Hall–Kier alpha value is -1.14. The zero-order valence-corrected chi connectivity index (χ0v) is 13.1. The Morgan fingerprint density at radius 2 is 2.09 bits per heavy atom. The molecule has 3 nitrogen and oxygen atoms in total. The number of alkyl halides is 2. The van der Waals surface area contributed by atoms with E-state index in [0.29, 0.717) is 28.3 Å². The van der Waals surface area contributed by atoms with Gasteiger partial charge in [-0.05, 0) is 49.6 Å². The number of hydrogen-bond donors (Lipinski definition) is 2. The minimum absolute atomic E-state index is 0.0662. The van der Waals surface area contributed by atoms with Gasteiger partial charge in [0.2, 0.25) is 5.91 Å². The first-order valence-corrected chi connectivity index (χ1v) is 8.55. The van der Waals surface area contributed by atoms with Crippen molar-refractivity contribution in [3.05, 3.63) is 24.3 Å². The molecule has 2 fully saturated rings. The lowest BCUT2D eigenvalue weighted by Gasteiger charge is -2.37. The van der Waals surface area contributed by atoms with E-state index in [4.69, 9.17) is 0 Å². The van der Waals surface area contributed by atoms with Gasteiger partial charge in [-0.2, -0.15) is 8.78 Å². The summed E-state index contributed by atoms with van der Waals surface area (Å²) < 4.78 is 24.6. The first-order chi connectivity index (χ1) is 10.6. The predicted octanol–water partition coefficient (Wildman–Crippen LogP) is 3.72. The van der Waals surface area contributed by atoms with Crippen LogP contribution in [0.25, 0.3) is 0 Å². The number of fused-ring (bicyclic) bond motifs is 1. The number of carbonyl (C=O) groups excluding carboxylic acids is 1. The maximum Gasteiger partial charge on any atom is 0.288 e. The van der Waals surface area contributed by atoms with Gasteiger partial charge >= 0.3 is 0 Å². The van der Waals surface area contributed by atoms with Crippen LogP contribution in [0.15, 0.2) is 29.2 Å². The maximum atomic E-state index is 12.8. The van der Waals surface area contributed by atoms with Crippen molar-refractivity contribution in [2.45, 2.75) is 36.3 Å². The van der Waals surface area contributed by atoms with Crippen LogP contribution in [0.4, 0.5) is 14.5 Å². The molecule has 2 aliphatic rings. The van der Waals surface area contributed by atoms with E-state index >= 15 is 0 Å². The highest BCUT2D eigenvalue weighted by molar-refractivity contribution is 7.99. The molecule has 22 heavy (non-hydrogen) atoms. The fraction of sp³-hybridized carbons (Fsp3) is 0.562. The smallest absolute Gasteiger partial charge is 0.288 e. The van der Waals surface area contributed by atoms with Gasteiger partial charge in [0.25, 0.3) is 5.76 Å². The molecular weight excluding hydrogens is 306 g/mol. The van der Waals surface area contributed by atoms with Crippen molar-refractivity contribution in [1.29, 1.82) is 0 Å². The van der Waals surface area contributed by atoms with E-state index in [1.165, 1.54) is 6.42 Å². The molecular formula is C16H20F2N2OS. The number of amides is 1. The highest BCUT2D eigenvalue weighted by Gasteiger charge is 2.49. The Morgan fingerprint density at radius 3 is 2.82 bits per heavy atom. The van der Waals surface area contributed by atoms with E-state index in [2.05, 4.69) is 10.6 Å². The van der Waals surface area contributed by atoms with Gasteiger partial charge in [0.1, 0.15) is 0 Å². The first-order valence-electron chi connectivity index (χ1n) is 7.67. The van der Waals surface area contributed by atoms with Crippen molar-refractivity contribution in [1.82, 2.24) is 5.32 Å². The average Bonchev–Trinajstić information content (AvgIpc) is 2.94. The van der Waals surface area contributed by atoms with Gasteiger partial charge in [-0.15, -0.1) is 0 Å². The summed E-state index contributed by atoms with van der Waals surface area (Å²) >= 11 is 0.512. The molecule has 0 bridgehead atoms. The van der Waals surface area contributed by atoms with Crippen LogP contribution in [-0.2, 0) is 4.79 Å². The van der Waals surface area contributed by atoms with Gasteiger partial charge in [-0.1, -0.05) is 24.6 Å². The Labute approximate surface area is 133 Å². The fourth-order valence-electron chi connectivity index (χ4n) is 3.67. The quantitative estimate of drug-likeness (QED) is 0.829. The summed E-state index contributed by atoms with van der Waals surface area (Å²) in [6.45, 7) is 1.65. The molecule has 0 spiro atoms. The van der Waals surface area contributed by atoms with Crippen molar-refractivity contribution in [2.75, 3.05) is 18.4 Å². The molecule has 1 amide bonds. The van der Waals surface area contributed by atoms with Gasteiger partial charge in [0.15, 0.2) is 0 Å². The van der Waals surface area contributed by atoms with Crippen LogP contribution in [0.3, 0.4) is 0 Å². The van der Waals surface area contributed by atoms with Crippen LogP contribution in [0.1, 0.15) is 25.7 Å². The molecule has 1 aromatic carbocycles. The molecule has 3 rings (SSSR count). The molecule has 2 N–H and O–H groups in total. The third-order valence-electron chi connectivity index (χ3n) is 4.83. The fourth-order valence-corrected chi connectivity index (χ4v) is 4.16.